The number of carboxylic acids is 1. The highest BCUT2D eigenvalue weighted by atomic mass is 16.5. The zero-order chi connectivity index (χ0) is 11.5. The van der Waals surface area contributed by atoms with E-state index in [2.05, 4.69) is 12.1 Å². The standard InChI is InChI=1S/C13H16O3/c1-16-12(13(14)15)8-9-5-6-10-3-2-4-11(10)7-9/h5-7,12H,2-4,8H2,1H3,(H,14,15). The third-order valence-corrected chi connectivity index (χ3v) is 3.14. The number of ether oxygens (including phenoxy) is 1. The average molecular weight is 220 g/mol. The zero-order valence-corrected chi connectivity index (χ0v) is 9.40. The molecule has 16 heavy (non-hydrogen) atoms. The Labute approximate surface area is 95.0 Å². The SMILES string of the molecule is COC(Cc1ccc2c(c1)CCC2)C(=O)O. The van der Waals surface area contributed by atoms with Crippen LogP contribution in [0.2, 0.25) is 0 Å². The molecule has 0 spiro atoms. The van der Waals surface area contributed by atoms with E-state index in [1.165, 1.54) is 24.7 Å². The molecule has 2 rings (SSSR count). The lowest BCUT2D eigenvalue weighted by Gasteiger charge is -2.11. The number of hydrogen-bond acceptors (Lipinski definition) is 2. The largest absolute Gasteiger partial charge is 0.479 e. The molecule has 0 fully saturated rings. The van der Waals surface area contributed by atoms with E-state index in [-0.39, 0.29) is 0 Å². The van der Waals surface area contributed by atoms with Crippen molar-refractivity contribution in [3.05, 3.63) is 34.9 Å². The summed E-state index contributed by atoms with van der Waals surface area (Å²) in [5.41, 5.74) is 3.83. The second-order valence-corrected chi connectivity index (χ2v) is 4.22. The van der Waals surface area contributed by atoms with Crippen LogP contribution in [0.5, 0.6) is 0 Å². The number of fused-ring (bicyclic) bond motifs is 1. The lowest BCUT2D eigenvalue weighted by Crippen LogP contribution is -2.24. The number of rotatable bonds is 4. The highest BCUT2D eigenvalue weighted by Gasteiger charge is 2.18. The van der Waals surface area contributed by atoms with Crippen molar-refractivity contribution in [1.29, 1.82) is 0 Å². The normalized spacial score (nSPS) is 15.8. The minimum Gasteiger partial charge on any atom is -0.479 e. The molecule has 0 aliphatic heterocycles. The van der Waals surface area contributed by atoms with Crippen molar-refractivity contribution < 1.29 is 14.6 Å². The Morgan fingerprint density at radius 2 is 2.19 bits per heavy atom. The molecule has 1 aliphatic carbocycles. The molecule has 86 valence electrons. The highest BCUT2D eigenvalue weighted by Crippen LogP contribution is 2.23. The van der Waals surface area contributed by atoms with Crippen molar-refractivity contribution in [1.82, 2.24) is 0 Å². The van der Waals surface area contributed by atoms with Gasteiger partial charge >= 0.3 is 5.97 Å². The highest BCUT2D eigenvalue weighted by molar-refractivity contribution is 5.72. The van der Waals surface area contributed by atoms with Crippen LogP contribution in [0.3, 0.4) is 0 Å². The second kappa shape index (κ2) is 4.66. The van der Waals surface area contributed by atoms with Gasteiger partial charge in [0.1, 0.15) is 0 Å². The lowest BCUT2D eigenvalue weighted by atomic mass is 10.0. The molecular weight excluding hydrogens is 204 g/mol. The van der Waals surface area contributed by atoms with Crippen LogP contribution >= 0.6 is 0 Å². The summed E-state index contributed by atoms with van der Waals surface area (Å²) < 4.78 is 4.94. The summed E-state index contributed by atoms with van der Waals surface area (Å²) in [6.07, 6.45) is 3.19. The molecule has 3 nitrogen and oxygen atoms in total. The van der Waals surface area contributed by atoms with Gasteiger partial charge in [0.15, 0.2) is 6.10 Å². The molecule has 0 heterocycles. The number of benzene rings is 1. The van der Waals surface area contributed by atoms with Gasteiger partial charge in [0.25, 0.3) is 0 Å². The van der Waals surface area contributed by atoms with Gasteiger partial charge in [0, 0.05) is 13.5 Å². The Kier molecular flexibility index (Phi) is 3.25. The number of aryl methyl sites for hydroxylation is 2. The first kappa shape index (κ1) is 11.1. The molecule has 1 unspecified atom stereocenters. The zero-order valence-electron chi connectivity index (χ0n) is 9.40. The molecule has 0 aromatic heterocycles. The Hall–Kier alpha value is -1.35. The van der Waals surface area contributed by atoms with Crippen molar-refractivity contribution in [3.8, 4) is 0 Å². The predicted octanol–water partition coefficient (Wildman–Crippen LogP) is 1.82. The van der Waals surface area contributed by atoms with Crippen LogP contribution < -0.4 is 0 Å². The second-order valence-electron chi connectivity index (χ2n) is 4.22. The van der Waals surface area contributed by atoms with Gasteiger partial charge in [0.05, 0.1) is 0 Å². The Balaban J connectivity index is 2.13. The molecule has 1 aromatic carbocycles. The van der Waals surface area contributed by atoms with E-state index in [1.807, 2.05) is 6.07 Å². The molecule has 0 amide bonds. The van der Waals surface area contributed by atoms with Gasteiger partial charge in [-0.15, -0.1) is 0 Å². The number of carboxylic acid groups (broad SMARTS) is 1. The van der Waals surface area contributed by atoms with Gasteiger partial charge in [-0.1, -0.05) is 18.2 Å². The van der Waals surface area contributed by atoms with Crippen molar-refractivity contribution in [3.63, 3.8) is 0 Å². The molecule has 1 atom stereocenters. The topological polar surface area (TPSA) is 46.5 Å². The van der Waals surface area contributed by atoms with E-state index in [0.29, 0.717) is 6.42 Å². The van der Waals surface area contributed by atoms with E-state index >= 15 is 0 Å². The number of methoxy groups -OCH3 is 1. The summed E-state index contributed by atoms with van der Waals surface area (Å²) in [6, 6.07) is 6.25. The molecule has 3 heteroatoms. The van der Waals surface area contributed by atoms with Crippen molar-refractivity contribution in [2.45, 2.75) is 31.8 Å². The molecular formula is C13H16O3. The van der Waals surface area contributed by atoms with E-state index < -0.39 is 12.1 Å². The Morgan fingerprint density at radius 3 is 2.88 bits per heavy atom. The van der Waals surface area contributed by atoms with Crippen LogP contribution in [0.1, 0.15) is 23.1 Å². The summed E-state index contributed by atoms with van der Waals surface area (Å²) in [4.78, 5) is 10.8. The number of aliphatic carboxylic acids is 1. The third kappa shape index (κ3) is 2.25. The predicted molar refractivity (Wildman–Crippen MR) is 60.6 cm³/mol. The fraction of sp³-hybridized carbons (Fsp3) is 0.462. The minimum absolute atomic E-state index is 0.444. The molecule has 1 aliphatic rings. The molecule has 0 bridgehead atoms. The van der Waals surface area contributed by atoms with Crippen molar-refractivity contribution in [2.75, 3.05) is 7.11 Å². The summed E-state index contributed by atoms with van der Waals surface area (Å²) in [7, 11) is 1.44. The van der Waals surface area contributed by atoms with Crippen LogP contribution in [-0.2, 0) is 28.8 Å². The average Bonchev–Trinajstić information content (AvgIpc) is 2.72. The fourth-order valence-electron chi connectivity index (χ4n) is 2.24. The molecule has 1 aromatic rings. The first-order valence-corrected chi connectivity index (χ1v) is 5.57. The number of hydrogen-bond donors (Lipinski definition) is 1. The molecule has 0 radical (unpaired) electrons. The monoisotopic (exact) mass is 220 g/mol. The van der Waals surface area contributed by atoms with E-state index in [0.717, 1.165) is 18.4 Å². The fourth-order valence-corrected chi connectivity index (χ4v) is 2.24. The van der Waals surface area contributed by atoms with Gasteiger partial charge in [-0.3, -0.25) is 0 Å². The van der Waals surface area contributed by atoms with Gasteiger partial charge < -0.3 is 9.84 Å². The van der Waals surface area contributed by atoms with Crippen LogP contribution in [-0.4, -0.2) is 24.3 Å². The quantitative estimate of drug-likeness (QED) is 0.841. The van der Waals surface area contributed by atoms with Gasteiger partial charge in [0.2, 0.25) is 0 Å². The first-order chi connectivity index (χ1) is 7.70. The maximum Gasteiger partial charge on any atom is 0.333 e. The smallest absolute Gasteiger partial charge is 0.333 e. The van der Waals surface area contributed by atoms with Crippen molar-refractivity contribution >= 4 is 5.97 Å². The van der Waals surface area contributed by atoms with Gasteiger partial charge in [-0.05, 0) is 36.0 Å². The van der Waals surface area contributed by atoms with E-state index in [1.54, 1.807) is 0 Å². The first-order valence-electron chi connectivity index (χ1n) is 5.57. The maximum atomic E-state index is 10.8. The minimum atomic E-state index is -0.900. The Bertz CT molecular complexity index is 398. The van der Waals surface area contributed by atoms with Gasteiger partial charge in [-0.2, -0.15) is 0 Å². The van der Waals surface area contributed by atoms with Crippen LogP contribution in [0.4, 0.5) is 0 Å². The van der Waals surface area contributed by atoms with E-state index in [4.69, 9.17) is 9.84 Å². The molecule has 0 saturated heterocycles. The van der Waals surface area contributed by atoms with Crippen LogP contribution in [0, 0.1) is 0 Å². The summed E-state index contributed by atoms with van der Waals surface area (Å²) in [5, 5.41) is 8.90. The summed E-state index contributed by atoms with van der Waals surface area (Å²) in [6.45, 7) is 0. The number of carbonyl (C=O) groups is 1. The maximum absolute atomic E-state index is 10.8. The third-order valence-electron chi connectivity index (χ3n) is 3.14. The summed E-state index contributed by atoms with van der Waals surface area (Å²) >= 11 is 0. The lowest BCUT2D eigenvalue weighted by molar-refractivity contribution is -0.148. The summed E-state index contributed by atoms with van der Waals surface area (Å²) in [5.74, 6) is -0.900. The van der Waals surface area contributed by atoms with Crippen LogP contribution in [0.15, 0.2) is 18.2 Å². The van der Waals surface area contributed by atoms with Gasteiger partial charge in [-0.25, -0.2) is 4.79 Å². The van der Waals surface area contributed by atoms with E-state index in [9.17, 15) is 4.79 Å². The Morgan fingerprint density at radius 1 is 1.44 bits per heavy atom. The van der Waals surface area contributed by atoms with Crippen LogP contribution in [0.25, 0.3) is 0 Å². The van der Waals surface area contributed by atoms with Crippen molar-refractivity contribution in [2.24, 2.45) is 0 Å². The molecule has 0 saturated carbocycles. The molecule has 1 N–H and O–H groups in total.